The lowest BCUT2D eigenvalue weighted by Gasteiger charge is -2.26. The van der Waals surface area contributed by atoms with E-state index in [2.05, 4.69) is 207 Å². The molecule has 278 valence electrons. The molecule has 5 heteroatoms. The SMILES string of the molecule is Pc1ccc2c3ccccc3n(-c3cccc(-c4ccc(N(c5ccc(-c6cccc7c6oc6ccccc67)cc5)c5ccc6sc7ccccc7c6c5)cc4)c3)c2c1. The second kappa shape index (κ2) is 13.6. The highest BCUT2D eigenvalue weighted by Crippen LogP contribution is 2.43. The number of para-hydroxylation sites is 3. The maximum atomic E-state index is 6.43. The normalized spacial score (nSPS) is 11.8. The van der Waals surface area contributed by atoms with Gasteiger partial charge in [-0.3, -0.25) is 0 Å². The van der Waals surface area contributed by atoms with Crippen LogP contribution in [0.3, 0.4) is 0 Å². The van der Waals surface area contributed by atoms with Crippen LogP contribution in [0.1, 0.15) is 0 Å². The molecule has 0 fully saturated rings. The molecule has 12 rings (SSSR count). The average molecular weight is 791 g/mol. The Morgan fingerprint density at radius 3 is 1.93 bits per heavy atom. The van der Waals surface area contributed by atoms with Crippen molar-refractivity contribution in [3.63, 3.8) is 0 Å². The van der Waals surface area contributed by atoms with E-state index in [1.165, 1.54) is 52.8 Å². The zero-order chi connectivity index (χ0) is 39.0. The van der Waals surface area contributed by atoms with E-state index >= 15 is 0 Å². The van der Waals surface area contributed by atoms with Gasteiger partial charge in [-0.2, -0.15) is 0 Å². The number of fused-ring (bicyclic) bond motifs is 9. The monoisotopic (exact) mass is 790 g/mol. The molecule has 0 aliphatic rings. The van der Waals surface area contributed by atoms with Crippen molar-refractivity contribution < 1.29 is 4.42 Å². The first kappa shape index (κ1) is 34.1. The molecule has 0 saturated heterocycles. The van der Waals surface area contributed by atoms with Gasteiger partial charge in [0.25, 0.3) is 0 Å². The van der Waals surface area contributed by atoms with Crippen LogP contribution in [0.5, 0.6) is 0 Å². The van der Waals surface area contributed by atoms with Crippen LogP contribution in [0.2, 0.25) is 0 Å². The highest BCUT2D eigenvalue weighted by atomic mass is 32.1. The first-order valence-corrected chi connectivity index (χ1v) is 21.3. The molecule has 12 aromatic rings. The summed E-state index contributed by atoms with van der Waals surface area (Å²) in [7, 11) is 2.86. The largest absolute Gasteiger partial charge is 0.455 e. The van der Waals surface area contributed by atoms with E-state index in [-0.39, 0.29) is 0 Å². The van der Waals surface area contributed by atoms with Gasteiger partial charge in [0.1, 0.15) is 11.2 Å². The summed E-state index contributed by atoms with van der Waals surface area (Å²) in [6, 6.07) is 72.5. The second-order valence-electron chi connectivity index (χ2n) is 15.2. The van der Waals surface area contributed by atoms with Crippen molar-refractivity contribution in [3.05, 3.63) is 200 Å². The van der Waals surface area contributed by atoms with Crippen molar-refractivity contribution in [2.24, 2.45) is 0 Å². The van der Waals surface area contributed by atoms with Crippen LogP contribution in [0.25, 0.3) is 91.9 Å². The van der Waals surface area contributed by atoms with Crippen molar-refractivity contribution in [1.29, 1.82) is 0 Å². The van der Waals surface area contributed by atoms with Gasteiger partial charge in [-0.25, -0.2) is 0 Å². The molecule has 3 heterocycles. The quantitative estimate of drug-likeness (QED) is 0.156. The maximum Gasteiger partial charge on any atom is 0.143 e. The summed E-state index contributed by atoms with van der Waals surface area (Å²) in [6.45, 7) is 0. The van der Waals surface area contributed by atoms with Crippen molar-refractivity contribution in [1.82, 2.24) is 4.57 Å². The van der Waals surface area contributed by atoms with Crippen LogP contribution >= 0.6 is 20.6 Å². The van der Waals surface area contributed by atoms with Crippen LogP contribution in [0, 0.1) is 0 Å². The Hall–Kier alpha value is -6.97. The fourth-order valence-electron chi connectivity index (χ4n) is 8.96. The zero-order valence-electron chi connectivity index (χ0n) is 31.8. The van der Waals surface area contributed by atoms with Gasteiger partial charge >= 0.3 is 0 Å². The van der Waals surface area contributed by atoms with E-state index in [0.717, 1.165) is 61.4 Å². The topological polar surface area (TPSA) is 21.3 Å². The zero-order valence-corrected chi connectivity index (χ0v) is 33.8. The molecule has 9 aromatic carbocycles. The molecule has 3 aromatic heterocycles. The number of furan rings is 1. The lowest BCUT2D eigenvalue weighted by molar-refractivity contribution is 0.670. The van der Waals surface area contributed by atoms with Crippen LogP contribution in [0.15, 0.2) is 205 Å². The summed E-state index contributed by atoms with van der Waals surface area (Å²) in [5.74, 6) is 0. The van der Waals surface area contributed by atoms with Crippen LogP contribution in [0.4, 0.5) is 17.1 Å². The standard InChI is InChI=1S/C54H35N2OPS/c58-41-28-29-44-43-11-1-4-16-49(43)56(50(44)33-41)39-10-7-9-36(31-39)34-19-23-37(24-20-34)55(40-27-30-53-48(32-40)46-13-3-6-18-52(46)59-53)38-25-21-35(22-26-38)42-14-8-15-47-45-12-2-5-17-51(45)57-54(42)47/h1-33H,58H2. The van der Waals surface area contributed by atoms with E-state index in [0.29, 0.717) is 0 Å². The first-order chi connectivity index (χ1) is 29.1. The number of nitrogens with zero attached hydrogens (tertiary/aromatic N) is 2. The van der Waals surface area contributed by atoms with Crippen molar-refractivity contribution in [3.8, 4) is 27.9 Å². The van der Waals surface area contributed by atoms with Gasteiger partial charge in [0.05, 0.1) is 11.0 Å². The summed E-state index contributed by atoms with van der Waals surface area (Å²) in [4.78, 5) is 2.37. The average Bonchev–Trinajstić information content (AvgIpc) is 3.96. The molecule has 0 aliphatic heterocycles. The number of rotatable bonds is 6. The van der Waals surface area contributed by atoms with Gasteiger partial charge in [0, 0.05) is 70.0 Å². The highest BCUT2D eigenvalue weighted by Gasteiger charge is 2.18. The fraction of sp³-hybridized carbons (Fsp3) is 0. The summed E-state index contributed by atoms with van der Waals surface area (Å²) in [5.41, 5.74) is 13.2. The van der Waals surface area contributed by atoms with Gasteiger partial charge in [0.2, 0.25) is 0 Å². The molecule has 0 saturated carbocycles. The molecule has 59 heavy (non-hydrogen) atoms. The van der Waals surface area contributed by atoms with Gasteiger partial charge < -0.3 is 13.9 Å². The maximum absolute atomic E-state index is 6.43. The summed E-state index contributed by atoms with van der Waals surface area (Å²) in [6.07, 6.45) is 0. The molecule has 0 aliphatic carbocycles. The molecule has 0 amide bonds. The van der Waals surface area contributed by atoms with Crippen LogP contribution in [-0.4, -0.2) is 4.57 Å². The lowest BCUT2D eigenvalue weighted by atomic mass is 10.0. The Balaban J connectivity index is 0.958. The fourth-order valence-corrected chi connectivity index (χ4v) is 10.3. The Labute approximate surface area is 347 Å². The second-order valence-corrected chi connectivity index (χ2v) is 16.9. The van der Waals surface area contributed by atoms with Crippen LogP contribution < -0.4 is 10.2 Å². The molecule has 0 bridgehead atoms. The van der Waals surface area contributed by atoms with Gasteiger partial charge in [-0.05, 0) is 101 Å². The minimum absolute atomic E-state index is 0.908. The summed E-state index contributed by atoms with van der Waals surface area (Å²) in [5, 5.41) is 8.52. The number of anilines is 3. The number of aromatic nitrogens is 1. The van der Waals surface area contributed by atoms with E-state index in [1.807, 2.05) is 23.5 Å². The number of benzene rings is 9. The third kappa shape index (κ3) is 5.60. The van der Waals surface area contributed by atoms with Crippen LogP contribution in [-0.2, 0) is 0 Å². The van der Waals surface area contributed by atoms with E-state index < -0.39 is 0 Å². The Kier molecular flexibility index (Phi) is 7.84. The summed E-state index contributed by atoms with van der Waals surface area (Å²) >= 11 is 1.85. The van der Waals surface area contributed by atoms with Gasteiger partial charge in [-0.1, -0.05) is 121 Å². The Morgan fingerprint density at radius 1 is 0.424 bits per heavy atom. The predicted octanol–water partition coefficient (Wildman–Crippen LogP) is 15.4. The molecule has 0 N–H and O–H groups in total. The minimum atomic E-state index is 0.908. The molecule has 0 spiro atoms. The van der Waals surface area contributed by atoms with E-state index in [4.69, 9.17) is 4.42 Å². The molecule has 3 nitrogen and oxygen atoms in total. The molecular weight excluding hydrogens is 756 g/mol. The van der Waals surface area contributed by atoms with Crippen molar-refractivity contribution in [2.75, 3.05) is 4.90 Å². The van der Waals surface area contributed by atoms with E-state index in [1.54, 1.807) is 0 Å². The smallest absolute Gasteiger partial charge is 0.143 e. The lowest BCUT2D eigenvalue weighted by Crippen LogP contribution is -2.09. The van der Waals surface area contributed by atoms with E-state index in [9.17, 15) is 0 Å². The molecular formula is C54H35N2OPS. The number of thiophene rings is 1. The number of hydrogen-bond donors (Lipinski definition) is 0. The third-order valence-corrected chi connectivity index (χ3v) is 13.2. The number of hydrogen-bond acceptors (Lipinski definition) is 3. The highest BCUT2D eigenvalue weighted by molar-refractivity contribution is 7.27. The van der Waals surface area contributed by atoms with Crippen molar-refractivity contribution in [2.45, 2.75) is 0 Å². The first-order valence-electron chi connectivity index (χ1n) is 19.9. The molecule has 0 radical (unpaired) electrons. The van der Waals surface area contributed by atoms with Gasteiger partial charge in [0.15, 0.2) is 0 Å². The Morgan fingerprint density at radius 2 is 1.08 bits per heavy atom. The minimum Gasteiger partial charge on any atom is -0.455 e. The molecule has 1 unspecified atom stereocenters. The predicted molar refractivity (Wildman–Crippen MR) is 256 cm³/mol. The van der Waals surface area contributed by atoms with Crippen molar-refractivity contribution >= 4 is 107 Å². The molecule has 1 atom stereocenters. The Bertz CT molecular complexity index is 3580. The van der Waals surface area contributed by atoms with Gasteiger partial charge in [-0.15, -0.1) is 20.6 Å². The summed E-state index contributed by atoms with van der Waals surface area (Å²) < 4.78 is 11.4. The third-order valence-electron chi connectivity index (χ3n) is 11.7.